The van der Waals surface area contributed by atoms with Crippen LogP contribution >= 0.6 is 0 Å². The van der Waals surface area contributed by atoms with Gasteiger partial charge in [-0.1, -0.05) is 149 Å². The fraction of sp³-hybridized carbons (Fsp3) is 0.868. The molecule has 43 heavy (non-hydrogen) atoms. The van der Waals surface area contributed by atoms with Crippen LogP contribution in [0, 0.1) is 11.8 Å². The maximum Gasteiger partial charge on any atom is 0.307 e. The van der Waals surface area contributed by atoms with Gasteiger partial charge in [0.1, 0.15) is 5.78 Å². The van der Waals surface area contributed by atoms with Gasteiger partial charge in [-0.2, -0.15) is 0 Å². The molecule has 0 aliphatic rings. The van der Waals surface area contributed by atoms with E-state index in [4.69, 9.17) is 4.74 Å². The van der Waals surface area contributed by atoms with Gasteiger partial charge in [0.05, 0.1) is 0 Å². The first-order chi connectivity index (χ1) is 20.8. The van der Waals surface area contributed by atoms with E-state index in [1.807, 2.05) is 13.8 Å². The number of carbonyl (C=O) groups is 3. The zero-order chi connectivity index (χ0) is 32.0. The number of unbranched alkanes of at least 4 members (excludes halogenated alkanes) is 19. The first kappa shape index (κ1) is 41.4. The van der Waals surface area contributed by atoms with Crippen molar-refractivity contribution < 1.29 is 19.1 Å². The number of Topliss-reactive ketones (excluding diaryl/α,β-unsaturated/α-hetero) is 1. The summed E-state index contributed by atoms with van der Waals surface area (Å²) in [7, 11) is 0. The summed E-state index contributed by atoms with van der Waals surface area (Å²) in [5.41, 5.74) is 0. The smallest absolute Gasteiger partial charge is 0.307 e. The van der Waals surface area contributed by atoms with E-state index in [1.54, 1.807) is 6.92 Å². The molecule has 0 saturated heterocycles. The predicted octanol–water partition coefficient (Wildman–Crippen LogP) is 11.2. The van der Waals surface area contributed by atoms with Gasteiger partial charge < -0.3 is 10.1 Å². The normalized spacial score (nSPS) is 13.0. The molecule has 0 heterocycles. The highest BCUT2D eigenvalue weighted by molar-refractivity contribution is 5.85. The molecule has 0 aliphatic heterocycles. The summed E-state index contributed by atoms with van der Waals surface area (Å²) in [6.07, 6.45) is 32.3. The lowest BCUT2D eigenvalue weighted by atomic mass is 9.93. The Kier molecular flexibility index (Phi) is 29.2. The van der Waals surface area contributed by atoms with Gasteiger partial charge in [-0.15, -0.1) is 0 Å². The lowest BCUT2D eigenvalue weighted by molar-refractivity contribution is -0.155. The number of ether oxygens (including phenoxy) is 1. The molecule has 252 valence electrons. The van der Waals surface area contributed by atoms with Crippen molar-refractivity contribution in [3.8, 4) is 0 Å². The molecule has 0 fully saturated rings. The number of nitrogens with one attached hydrogen (secondary N) is 1. The molecule has 0 aromatic rings. The molecule has 1 N–H and O–H groups in total. The molecular weight excluding hydrogens is 534 g/mol. The van der Waals surface area contributed by atoms with Gasteiger partial charge in [0, 0.05) is 24.7 Å². The second-order valence-electron chi connectivity index (χ2n) is 13.2. The Balaban J connectivity index is 4.06. The van der Waals surface area contributed by atoms with Gasteiger partial charge in [-0.3, -0.25) is 14.4 Å². The summed E-state index contributed by atoms with van der Waals surface area (Å²) in [6, 6.07) is 0. The largest absolute Gasteiger partial charge is 0.441 e. The molecule has 0 aromatic carbocycles. The zero-order valence-corrected chi connectivity index (χ0v) is 29.2. The fourth-order valence-electron chi connectivity index (χ4n) is 5.46. The summed E-state index contributed by atoms with van der Waals surface area (Å²) in [5.74, 6) is -0.686. The maximum absolute atomic E-state index is 12.8. The fourth-order valence-corrected chi connectivity index (χ4v) is 5.46. The molecule has 0 rings (SSSR count). The summed E-state index contributed by atoms with van der Waals surface area (Å²) in [6.45, 7) is 9.95. The van der Waals surface area contributed by atoms with E-state index in [0.717, 1.165) is 44.9 Å². The van der Waals surface area contributed by atoms with E-state index in [0.29, 0.717) is 6.42 Å². The molecule has 2 atom stereocenters. The van der Waals surface area contributed by atoms with E-state index in [-0.39, 0.29) is 35.9 Å². The van der Waals surface area contributed by atoms with E-state index in [1.165, 1.54) is 103 Å². The second-order valence-corrected chi connectivity index (χ2v) is 13.2. The minimum absolute atomic E-state index is 0.0323. The number of ketones is 1. The van der Waals surface area contributed by atoms with Crippen LogP contribution in [0.15, 0.2) is 12.2 Å². The van der Waals surface area contributed by atoms with Crippen molar-refractivity contribution in [1.29, 1.82) is 0 Å². The van der Waals surface area contributed by atoms with Gasteiger partial charge in [0.25, 0.3) is 0 Å². The van der Waals surface area contributed by atoms with Crippen LogP contribution in [0.2, 0.25) is 0 Å². The first-order valence-electron chi connectivity index (χ1n) is 18.5. The number of hydrogen-bond acceptors (Lipinski definition) is 4. The first-order valence-corrected chi connectivity index (χ1v) is 18.5. The standard InChI is InChI=1S/C38H71NO4/c1-6-8-10-12-14-16-17-18-19-20-21-23-25-27-29-31-37(42)43-38(33(3)4)39-36(41)32-35(34(5)40)30-28-26-24-22-15-13-11-9-7-2/h18-19,33,35,38H,6-17,20-32H2,1-5H3,(H,39,41). The Hall–Kier alpha value is -1.65. The average Bonchev–Trinajstić information content (AvgIpc) is 2.97. The second kappa shape index (κ2) is 30.4. The van der Waals surface area contributed by atoms with Gasteiger partial charge >= 0.3 is 5.97 Å². The number of carbonyl (C=O) groups excluding carboxylic acids is 3. The Morgan fingerprint density at radius 2 is 1.07 bits per heavy atom. The third kappa shape index (κ3) is 27.6. The lowest BCUT2D eigenvalue weighted by Crippen LogP contribution is -2.42. The Morgan fingerprint density at radius 3 is 1.53 bits per heavy atom. The van der Waals surface area contributed by atoms with E-state index >= 15 is 0 Å². The predicted molar refractivity (Wildman–Crippen MR) is 183 cm³/mol. The quantitative estimate of drug-likeness (QED) is 0.0369. The summed E-state index contributed by atoms with van der Waals surface area (Å²) in [4.78, 5) is 37.4. The molecule has 0 spiro atoms. The van der Waals surface area contributed by atoms with E-state index < -0.39 is 6.23 Å². The number of rotatable bonds is 31. The van der Waals surface area contributed by atoms with Gasteiger partial charge in [-0.05, 0) is 45.4 Å². The molecule has 0 bridgehead atoms. The van der Waals surface area contributed by atoms with Crippen molar-refractivity contribution in [1.82, 2.24) is 5.32 Å². The molecule has 0 radical (unpaired) electrons. The third-order valence-electron chi connectivity index (χ3n) is 8.47. The topological polar surface area (TPSA) is 72.5 Å². The van der Waals surface area contributed by atoms with E-state index in [2.05, 4.69) is 31.3 Å². The number of amides is 1. The van der Waals surface area contributed by atoms with Crippen LogP contribution in [0.25, 0.3) is 0 Å². The van der Waals surface area contributed by atoms with Gasteiger partial charge in [0.2, 0.25) is 5.91 Å². The molecular formula is C38H71NO4. The van der Waals surface area contributed by atoms with Crippen LogP contribution in [-0.2, 0) is 19.1 Å². The van der Waals surface area contributed by atoms with Crippen LogP contribution in [-0.4, -0.2) is 23.9 Å². The van der Waals surface area contributed by atoms with Crippen LogP contribution in [0.5, 0.6) is 0 Å². The molecule has 1 amide bonds. The summed E-state index contributed by atoms with van der Waals surface area (Å²) in [5, 5.41) is 2.88. The van der Waals surface area contributed by atoms with Crippen molar-refractivity contribution in [2.24, 2.45) is 11.8 Å². The Bertz CT molecular complexity index is 702. The zero-order valence-electron chi connectivity index (χ0n) is 29.2. The maximum atomic E-state index is 12.8. The third-order valence-corrected chi connectivity index (χ3v) is 8.47. The van der Waals surface area contributed by atoms with Crippen LogP contribution in [0.1, 0.15) is 195 Å². The summed E-state index contributed by atoms with van der Waals surface area (Å²) < 4.78 is 5.64. The molecule has 5 heteroatoms. The van der Waals surface area contributed by atoms with Crippen LogP contribution in [0.4, 0.5) is 0 Å². The van der Waals surface area contributed by atoms with Crippen molar-refractivity contribution in [3.05, 3.63) is 12.2 Å². The highest BCUT2D eigenvalue weighted by Crippen LogP contribution is 2.18. The van der Waals surface area contributed by atoms with Gasteiger partial charge in [-0.25, -0.2) is 0 Å². The van der Waals surface area contributed by atoms with Gasteiger partial charge in [0.15, 0.2) is 6.23 Å². The van der Waals surface area contributed by atoms with Crippen molar-refractivity contribution in [2.75, 3.05) is 0 Å². The Morgan fingerprint density at radius 1 is 0.628 bits per heavy atom. The minimum atomic E-state index is -0.650. The van der Waals surface area contributed by atoms with Crippen LogP contribution < -0.4 is 5.32 Å². The molecule has 2 unspecified atom stereocenters. The van der Waals surface area contributed by atoms with Crippen molar-refractivity contribution in [2.45, 2.75) is 201 Å². The highest BCUT2D eigenvalue weighted by atomic mass is 16.6. The lowest BCUT2D eigenvalue weighted by Gasteiger charge is -2.23. The average molecular weight is 606 g/mol. The van der Waals surface area contributed by atoms with Crippen molar-refractivity contribution in [3.63, 3.8) is 0 Å². The Labute approximate surface area is 267 Å². The van der Waals surface area contributed by atoms with E-state index in [9.17, 15) is 14.4 Å². The molecule has 0 aromatic heterocycles. The molecule has 5 nitrogen and oxygen atoms in total. The molecule has 0 saturated carbocycles. The number of allylic oxidation sites excluding steroid dienone is 2. The van der Waals surface area contributed by atoms with Crippen LogP contribution in [0.3, 0.4) is 0 Å². The van der Waals surface area contributed by atoms with Crippen molar-refractivity contribution >= 4 is 17.7 Å². The number of esters is 1. The summed E-state index contributed by atoms with van der Waals surface area (Å²) >= 11 is 0. The highest BCUT2D eigenvalue weighted by Gasteiger charge is 2.24. The minimum Gasteiger partial charge on any atom is -0.441 e. The monoisotopic (exact) mass is 606 g/mol. The number of hydrogen-bond donors (Lipinski definition) is 1. The molecule has 0 aliphatic carbocycles. The SMILES string of the molecule is CCCCCCCCC=CCCCCCCCC(=O)OC(NC(=O)CC(CCCCCCCCCCC)C(C)=O)C(C)C.